The van der Waals surface area contributed by atoms with Crippen LogP contribution in [0.1, 0.15) is 11.9 Å². The van der Waals surface area contributed by atoms with Crippen molar-refractivity contribution in [1.29, 1.82) is 0 Å². The average molecular weight is 290 g/mol. The van der Waals surface area contributed by atoms with Gasteiger partial charge in [0.05, 0.1) is 16.0 Å². The molecule has 2 heterocycles. The molecule has 0 unspecified atom stereocenters. The Hall–Kier alpha value is -1.79. The number of nitrogens with zero attached hydrogens (tertiary/aromatic N) is 3. The number of nitrogens with two attached hydrogens (primary N) is 1. The number of benzene rings is 1. The molecule has 4 nitrogen and oxygen atoms in total. The highest BCUT2D eigenvalue weighted by atomic mass is 32.1. The number of halogens is 1. The SMILES string of the molecule is CCn1c(-c2csc(CCN)n2)nc2cc(F)ccc21. The Kier molecular flexibility index (Phi) is 3.50. The van der Waals surface area contributed by atoms with Crippen molar-refractivity contribution in [3.05, 3.63) is 34.4 Å². The highest BCUT2D eigenvalue weighted by molar-refractivity contribution is 7.09. The molecule has 2 N–H and O–H groups in total. The molecule has 0 aliphatic carbocycles. The second kappa shape index (κ2) is 5.30. The van der Waals surface area contributed by atoms with Crippen LogP contribution < -0.4 is 5.73 Å². The van der Waals surface area contributed by atoms with Gasteiger partial charge in [0.25, 0.3) is 0 Å². The molecular formula is C14H15FN4S. The van der Waals surface area contributed by atoms with Gasteiger partial charge in [0.1, 0.15) is 11.5 Å². The maximum Gasteiger partial charge on any atom is 0.160 e. The normalized spacial score (nSPS) is 11.3. The van der Waals surface area contributed by atoms with Crippen molar-refractivity contribution in [3.63, 3.8) is 0 Å². The largest absolute Gasteiger partial charge is 0.330 e. The van der Waals surface area contributed by atoms with Gasteiger partial charge in [0, 0.05) is 24.4 Å². The summed E-state index contributed by atoms with van der Waals surface area (Å²) < 4.78 is 15.4. The number of fused-ring (bicyclic) bond motifs is 1. The van der Waals surface area contributed by atoms with Crippen molar-refractivity contribution in [1.82, 2.24) is 14.5 Å². The molecule has 3 aromatic rings. The molecule has 20 heavy (non-hydrogen) atoms. The molecule has 0 aliphatic rings. The van der Waals surface area contributed by atoms with E-state index < -0.39 is 0 Å². The average Bonchev–Trinajstić information content (AvgIpc) is 3.02. The third kappa shape index (κ3) is 2.21. The summed E-state index contributed by atoms with van der Waals surface area (Å²) in [6.07, 6.45) is 0.769. The van der Waals surface area contributed by atoms with Crippen molar-refractivity contribution < 1.29 is 4.39 Å². The minimum absolute atomic E-state index is 0.271. The fraction of sp³-hybridized carbons (Fsp3) is 0.286. The molecular weight excluding hydrogens is 275 g/mol. The number of rotatable bonds is 4. The Morgan fingerprint density at radius 1 is 1.35 bits per heavy atom. The van der Waals surface area contributed by atoms with Gasteiger partial charge in [0.2, 0.25) is 0 Å². The molecule has 0 bridgehead atoms. The number of thiazole rings is 1. The minimum atomic E-state index is -0.271. The van der Waals surface area contributed by atoms with Crippen LogP contribution in [0.3, 0.4) is 0 Å². The maximum atomic E-state index is 13.3. The molecule has 0 atom stereocenters. The lowest BCUT2D eigenvalue weighted by Gasteiger charge is -2.03. The van der Waals surface area contributed by atoms with E-state index in [4.69, 9.17) is 5.73 Å². The van der Waals surface area contributed by atoms with E-state index in [1.165, 1.54) is 12.1 Å². The molecule has 1 aromatic carbocycles. The first kappa shape index (κ1) is 13.2. The van der Waals surface area contributed by atoms with Gasteiger partial charge in [-0.05, 0) is 25.6 Å². The van der Waals surface area contributed by atoms with Gasteiger partial charge in [-0.3, -0.25) is 0 Å². The lowest BCUT2D eigenvalue weighted by molar-refractivity contribution is 0.629. The number of aryl methyl sites for hydroxylation is 1. The van der Waals surface area contributed by atoms with Crippen LogP contribution in [0.4, 0.5) is 4.39 Å². The summed E-state index contributed by atoms with van der Waals surface area (Å²) >= 11 is 1.58. The van der Waals surface area contributed by atoms with E-state index >= 15 is 0 Å². The van der Waals surface area contributed by atoms with E-state index in [9.17, 15) is 4.39 Å². The van der Waals surface area contributed by atoms with E-state index in [1.54, 1.807) is 17.4 Å². The Morgan fingerprint density at radius 2 is 2.20 bits per heavy atom. The number of imidazole rings is 1. The Bertz CT molecular complexity index is 747. The monoisotopic (exact) mass is 290 g/mol. The van der Waals surface area contributed by atoms with E-state index in [1.807, 2.05) is 12.3 Å². The number of hydrogen-bond acceptors (Lipinski definition) is 4. The highest BCUT2D eigenvalue weighted by Gasteiger charge is 2.14. The van der Waals surface area contributed by atoms with Gasteiger partial charge in [-0.15, -0.1) is 11.3 Å². The van der Waals surface area contributed by atoms with Crippen LogP contribution in [0.2, 0.25) is 0 Å². The van der Waals surface area contributed by atoms with Crippen LogP contribution in [0, 0.1) is 5.82 Å². The van der Waals surface area contributed by atoms with Crippen LogP contribution in [0.25, 0.3) is 22.6 Å². The molecule has 0 spiro atoms. The van der Waals surface area contributed by atoms with Crippen molar-refractivity contribution in [2.45, 2.75) is 19.9 Å². The van der Waals surface area contributed by atoms with Gasteiger partial charge >= 0.3 is 0 Å². The van der Waals surface area contributed by atoms with Crippen molar-refractivity contribution in [3.8, 4) is 11.5 Å². The third-order valence-corrected chi connectivity index (χ3v) is 4.07. The molecule has 3 rings (SSSR count). The fourth-order valence-electron chi connectivity index (χ4n) is 2.27. The summed E-state index contributed by atoms with van der Waals surface area (Å²) in [5.74, 6) is 0.513. The first-order valence-electron chi connectivity index (χ1n) is 6.53. The quantitative estimate of drug-likeness (QED) is 0.804. The van der Waals surface area contributed by atoms with Gasteiger partial charge in [-0.25, -0.2) is 14.4 Å². The molecule has 0 fully saturated rings. The zero-order chi connectivity index (χ0) is 14.1. The third-order valence-electron chi connectivity index (χ3n) is 3.17. The van der Waals surface area contributed by atoms with Gasteiger partial charge in [0.15, 0.2) is 5.82 Å². The van der Waals surface area contributed by atoms with Crippen LogP contribution in [-0.2, 0) is 13.0 Å². The van der Waals surface area contributed by atoms with E-state index in [-0.39, 0.29) is 5.82 Å². The van der Waals surface area contributed by atoms with E-state index in [2.05, 4.69) is 14.5 Å². The summed E-state index contributed by atoms with van der Waals surface area (Å²) in [6.45, 7) is 3.39. The number of hydrogen-bond donors (Lipinski definition) is 1. The van der Waals surface area contributed by atoms with Crippen LogP contribution in [-0.4, -0.2) is 21.1 Å². The van der Waals surface area contributed by atoms with Crippen molar-refractivity contribution in [2.75, 3.05) is 6.54 Å². The summed E-state index contributed by atoms with van der Waals surface area (Å²) in [6, 6.07) is 4.68. The molecule has 0 saturated heterocycles. The van der Waals surface area contributed by atoms with Gasteiger partial charge in [-0.2, -0.15) is 0 Å². The zero-order valence-electron chi connectivity index (χ0n) is 11.1. The van der Waals surface area contributed by atoms with Crippen molar-refractivity contribution in [2.24, 2.45) is 5.73 Å². The summed E-state index contributed by atoms with van der Waals surface area (Å²) in [4.78, 5) is 9.08. The predicted molar refractivity (Wildman–Crippen MR) is 79.2 cm³/mol. The lowest BCUT2D eigenvalue weighted by Crippen LogP contribution is -2.02. The predicted octanol–water partition coefficient (Wildman–Crippen LogP) is 2.82. The van der Waals surface area contributed by atoms with Crippen LogP contribution in [0.5, 0.6) is 0 Å². The molecule has 104 valence electrons. The first-order valence-corrected chi connectivity index (χ1v) is 7.41. The van der Waals surface area contributed by atoms with E-state index in [0.717, 1.165) is 35.0 Å². The fourth-order valence-corrected chi connectivity index (χ4v) is 3.06. The van der Waals surface area contributed by atoms with Crippen molar-refractivity contribution >= 4 is 22.4 Å². The molecule has 2 aromatic heterocycles. The number of aromatic nitrogens is 3. The Morgan fingerprint density at radius 3 is 2.95 bits per heavy atom. The Balaban J connectivity index is 2.13. The summed E-state index contributed by atoms with van der Waals surface area (Å²) in [5, 5.41) is 2.98. The topological polar surface area (TPSA) is 56.7 Å². The molecule has 0 radical (unpaired) electrons. The molecule has 0 saturated carbocycles. The molecule has 6 heteroatoms. The molecule has 0 amide bonds. The maximum absolute atomic E-state index is 13.3. The highest BCUT2D eigenvalue weighted by Crippen LogP contribution is 2.26. The van der Waals surface area contributed by atoms with Crippen LogP contribution in [0.15, 0.2) is 23.6 Å². The standard InChI is InChI=1S/C14H15FN4S/c1-2-19-12-4-3-9(15)7-10(12)18-14(19)11-8-20-13(17-11)5-6-16/h3-4,7-8H,2,5-6,16H2,1H3. The molecule has 0 aliphatic heterocycles. The second-order valence-corrected chi connectivity index (χ2v) is 5.42. The first-order chi connectivity index (χ1) is 9.72. The minimum Gasteiger partial charge on any atom is -0.330 e. The van der Waals surface area contributed by atoms with Gasteiger partial charge in [-0.1, -0.05) is 0 Å². The van der Waals surface area contributed by atoms with Crippen LogP contribution >= 0.6 is 11.3 Å². The summed E-state index contributed by atoms with van der Waals surface area (Å²) in [5.41, 5.74) is 7.97. The zero-order valence-corrected chi connectivity index (χ0v) is 12.0. The summed E-state index contributed by atoms with van der Waals surface area (Å²) in [7, 11) is 0. The second-order valence-electron chi connectivity index (χ2n) is 4.48. The van der Waals surface area contributed by atoms with E-state index in [0.29, 0.717) is 12.1 Å². The smallest absolute Gasteiger partial charge is 0.160 e. The van der Waals surface area contributed by atoms with Gasteiger partial charge < -0.3 is 10.3 Å². The lowest BCUT2D eigenvalue weighted by atomic mass is 10.3. The Labute approximate surface area is 120 Å².